The number of hydrogen-bond donors (Lipinski definition) is 1. The molecule has 1 aromatic carbocycles. The van der Waals surface area contributed by atoms with E-state index in [2.05, 4.69) is 19.1 Å². The minimum absolute atomic E-state index is 0.140. The number of carbonyl (C=O) groups is 2. The van der Waals surface area contributed by atoms with Crippen LogP contribution in [0.1, 0.15) is 30.5 Å². The third-order valence-corrected chi connectivity index (χ3v) is 3.56. The molecule has 0 aliphatic carbocycles. The first-order chi connectivity index (χ1) is 9.52. The zero-order chi connectivity index (χ0) is 14.7. The molecule has 3 amide bonds. The average Bonchev–Trinajstić information content (AvgIpc) is 2.66. The van der Waals surface area contributed by atoms with Gasteiger partial charge in [-0.15, -0.1) is 0 Å². The summed E-state index contributed by atoms with van der Waals surface area (Å²) in [6.07, 6.45) is 2.15. The normalized spacial score (nSPS) is 16.9. The molecular formula is C15H21N3O2. The summed E-state index contributed by atoms with van der Waals surface area (Å²) < 4.78 is 0. The van der Waals surface area contributed by atoms with E-state index in [-0.39, 0.29) is 31.1 Å². The number of rotatable bonds is 5. The number of aryl methyl sites for hydroxylation is 1. The van der Waals surface area contributed by atoms with Crippen molar-refractivity contribution in [1.29, 1.82) is 0 Å². The number of benzene rings is 1. The lowest BCUT2D eigenvalue weighted by Gasteiger charge is -2.19. The van der Waals surface area contributed by atoms with Crippen molar-refractivity contribution in [2.24, 2.45) is 5.73 Å². The molecule has 0 spiro atoms. The Balaban J connectivity index is 2.02. The van der Waals surface area contributed by atoms with Gasteiger partial charge in [-0.3, -0.25) is 9.69 Å². The Kier molecular flexibility index (Phi) is 4.39. The third kappa shape index (κ3) is 2.99. The van der Waals surface area contributed by atoms with Crippen LogP contribution in [0, 0.1) is 0 Å². The first kappa shape index (κ1) is 14.5. The summed E-state index contributed by atoms with van der Waals surface area (Å²) in [7, 11) is 1.62. The van der Waals surface area contributed by atoms with Gasteiger partial charge in [0, 0.05) is 19.6 Å². The van der Waals surface area contributed by atoms with Crippen molar-refractivity contribution in [2.45, 2.75) is 25.8 Å². The molecular weight excluding hydrogens is 254 g/mol. The quantitative estimate of drug-likeness (QED) is 0.829. The number of likely N-dealkylation sites (N-methyl/N-ethyl adjacent to an activating group) is 1. The van der Waals surface area contributed by atoms with Gasteiger partial charge in [-0.25, -0.2) is 4.79 Å². The highest BCUT2D eigenvalue weighted by Crippen LogP contribution is 2.17. The van der Waals surface area contributed by atoms with E-state index in [9.17, 15) is 9.59 Å². The second kappa shape index (κ2) is 6.05. The monoisotopic (exact) mass is 275 g/mol. The van der Waals surface area contributed by atoms with Crippen molar-refractivity contribution in [3.05, 3.63) is 35.4 Å². The summed E-state index contributed by atoms with van der Waals surface area (Å²) in [6, 6.07) is 7.45. The van der Waals surface area contributed by atoms with Gasteiger partial charge in [0.1, 0.15) is 6.54 Å². The van der Waals surface area contributed by atoms with Gasteiger partial charge >= 0.3 is 6.03 Å². The largest absolute Gasteiger partial charge is 0.327 e. The lowest BCUT2D eigenvalue weighted by molar-refractivity contribution is -0.125. The highest BCUT2D eigenvalue weighted by Gasteiger charge is 2.34. The maximum Gasteiger partial charge on any atom is 0.327 e. The second-order valence-corrected chi connectivity index (χ2v) is 5.24. The lowest BCUT2D eigenvalue weighted by atomic mass is 10.0. The average molecular weight is 275 g/mol. The third-order valence-electron chi connectivity index (χ3n) is 3.56. The first-order valence-corrected chi connectivity index (χ1v) is 6.92. The number of nitrogens with two attached hydrogens (primary N) is 1. The van der Waals surface area contributed by atoms with E-state index in [0.29, 0.717) is 0 Å². The predicted octanol–water partition coefficient (Wildman–Crippen LogP) is 1.53. The number of imide groups is 1. The molecule has 0 radical (unpaired) electrons. The predicted molar refractivity (Wildman–Crippen MR) is 77.1 cm³/mol. The summed E-state index contributed by atoms with van der Waals surface area (Å²) >= 11 is 0. The minimum Gasteiger partial charge on any atom is -0.322 e. The molecule has 1 atom stereocenters. The first-order valence-electron chi connectivity index (χ1n) is 6.92. The van der Waals surface area contributed by atoms with E-state index < -0.39 is 0 Å². The summed E-state index contributed by atoms with van der Waals surface area (Å²) in [6.45, 7) is 2.51. The smallest absolute Gasteiger partial charge is 0.322 e. The Morgan fingerprint density at radius 2 is 1.90 bits per heavy atom. The molecule has 1 heterocycles. The van der Waals surface area contributed by atoms with Gasteiger partial charge in [0.05, 0.1) is 0 Å². The van der Waals surface area contributed by atoms with Crippen molar-refractivity contribution in [2.75, 3.05) is 20.1 Å². The molecule has 20 heavy (non-hydrogen) atoms. The van der Waals surface area contributed by atoms with Crippen LogP contribution in [0.4, 0.5) is 4.79 Å². The van der Waals surface area contributed by atoms with Crippen molar-refractivity contribution in [3.8, 4) is 0 Å². The fraction of sp³-hybridized carbons (Fsp3) is 0.467. The summed E-state index contributed by atoms with van der Waals surface area (Å²) in [4.78, 5) is 26.1. The van der Waals surface area contributed by atoms with E-state index in [1.54, 1.807) is 7.05 Å². The molecule has 1 aliphatic rings. The van der Waals surface area contributed by atoms with Crippen LogP contribution in [0.3, 0.4) is 0 Å². The summed E-state index contributed by atoms with van der Waals surface area (Å²) in [5.41, 5.74) is 8.32. The fourth-order valence-corrected chi connectivity index (χ4v) is 2.37. The Morgan fingerprint density at radius 3 is 2.40 bits per heavy atom. The molecule has 2 N–H and O–H groups in total. The second-order valence-electron chi connectivity index (χ2n) is 5.24. The molecule has 2 rings (SSSR count). The van der Waals surface area contributed by atoms with Crippen molar-refractivity contribution < 1.29 is 9.59 Å². The molecule has 1 aromatic rings. The molecule has 0 bridgehead atoms. The number of hydrogen-bond acceptors (Lipinski definition) is 3. The SMILES string of the molecule is CCCc1ccc(C(N)CN2C(=O)CN(C)C2=O)cc1. The lowest BCUT2D eigenvalue weighted by Crippen LogP contribution is -2.37. The van der Waals surface area contributed by atoms with Crippen molar-refractivity contribution in [1.82, 2.24) is 9.80 Å². The Morgan fingerprint density at radius 1 is 1.25 bits per heavy atom. The van der Waals surface area contributed by atoms with Gasteiger partial charge in [0.15, 0.2) is 0 Å². The van der Waals surface area contributed by atoms with Gasteiger partial charge in [0.2, 0.25) is 5.91 Å². The topological polar surface area (TPSA) is 66.6 Å². The highest BCUT2D eigenvalue weighted by atomic mass is 16.2. The van der Waals surface area contributed by atoms with E-state index in [0.717, 1.165) is 18.4 Å². The Bertz CT molecular complexity index is 498. The maximum absolute atomic E-state index is 11.8. The molecule has 1 aliphatic heterocycles. The number of nitrogens with zero attached hydrogens (tertiary/aromatic N) is 2. The van der Waals surface area contributed by atoms with Crippen molar-refractivity contribution >= 4 is 11.9 Å². The molecule has 0 saturated carbocycles. The standard InChI is InChI=1S/C15H21N3O2/c1-3-4-11-5-7-12(8-6-11)13(16)9-18-14(19)10-17(2)15(18)20/h5-8,13H,3-4,9-10,16H2,1-2H3. The van der Waals surface area contributed by atoms with Crippen LogP contribution in [0.15, 0.2) is 24.3 Å². The van der Waals surface area contributed by atoms with Gasteiger partial charge in [-0.2, -0.15) is 0 Å². The zero-order valence-corrected chi connectivity index (χ0v) is 12.0. The van der Waals surface area contributed by atoms with Crippen LogP contribution < -0.4 is 5.73 Å². The van der Waals surface area contributed by atoms with Crippen LogP contribution in [-0.2, 0) is 11.2 Å². The van der Waals surface area contributed by atoms with E-state index in [1.165, 1.54) is 15.4 Å². The molecule has 5 nitrogen and oxygen atoms in total. The van der Waals surface area contributed by atoms with Crippen LogP contribution in [0.2, 0.25) is 0 Å². The van der Waals surface area contributed by atoms with Gasteiger partial charge < -0.3 is 10.6 Å². The molecule has 5 heteroatoms. The van der Waals surface area contributed by atoms with Gasteiger partial charge in [-0.1, -0.05) is 37.6 Å². The van der Waals surface area contributed by atoms with Crippen LogP contribution in [0.25, 0.3) is 0 Å². The molecule has 1 saturated heterocycles. The highest BCUT2D eigenvalue weighted by molar-refractivity contribution is 6.01. The molecule has 0 aromatic heterocycles. The van der Waals surface area contributed by atoms with E-state index >= 15 is 0 Å². The molecule has 1 fully saturated rings. The van der Waals surface area contributed by atoms with E-state index in [4.69, 9.17) is 5.73 Å². The Hall–Kier alpha value is -1.88. The minimum atomic E-state index is -0.343. The fourth-order valence-electron chi connectivity index (χ4n) is 2.37. The van der Waals surface area contributed by atoms with Crippen molar-refractivity contribution in [3.63, 3.8) is 0 Å². The molecule has 108 valence electrons. The number of urea groups is 1. The summed E-state index contributed by atoms with van der Waals surface area (Å²) in [5.74, 6) is -0.185. The van der Waals surface area contributed by atoms with Crippen LogP contribution in [0.5, 0.6) is 0 Å². The van der Waals surface area contributed by atoms with Gasteiger partial charge in [-0.05, 0) is 17.5 Å². The van der Waals surface area contributed by atoms with Crippen LogP contribution >= 0.6 is 0 Å². The van der Waals surface area contributed by atoms with Crippen LogP contribution in [-0.4, -0.2) is 41.9 Å². The number of carbonyl (C=O) groups excluding carboxylic acids is 2. The zero-order valence-electron chi connectivity index (χ0n) is 12.0. The molecule has 1 unspecified atom stereocenters. The van der Waals surface area contributed by atoms with Gasteiger partial charge in [0.25, 0.3) is 0 Å². The maximum atomic E-state index is 11.8. The van der Waals surface area contributed by atoms with E-state index in [1.807, 2.05) is 12.1 Å². The summed E-state index contributed by atoms with van der Waals surface area (Å²) in [5, 5.41) is 0. The number of amides is 3. The Labute approximate surface area is 119 Å².